The molecular formula is C16H27N3O3S. The van der Waals surface area contributed by atoms with E-state index in [0.29, 0.717) is 32.0 Å². The number of guanidine groups is 1. The third-order valence-corrected chi connectivity index (χ3v) is 4.22. The highest BCUT2D eigenvalue weighted by atomic mass is 32.1. The maximum absolute atomic E-state index is 11.3. The molecule has 0 saturated carbocycles. The van der Waals surface area contributed by atoms with E-state index in [1.54, 1.807) is 13.8 Å². The van der Waals surface area contributed by atoms with Crippen molar-refractivity contribution in [2.45, 2.75) is 39.2 Å². The molecule has 1 atom stereocenters. The lowest BCUT2D eigenvalue weighted by Crippen LogP contribution is -2.39. The molecule has 3 N–H and O–H groups in total. The van der Waals surface area contributed by atoms with Crippen molar-refractivity contribution >= 4 is 23.3 Å². The second kappa shape index (κ2) is 10.2. The van der Waals surface area contributed by atoms with Gasteiger partial charge in [-0.1, -0.05) is 6.07 Å². The van der Waals surface area contributed by atoms with Crippen molar-refractivity contribution in [3.05, 3.63) is 22.4 Å². The average Bonchev–Trinajstić information content (AvgIpc) is 3.04. The first kappa shape index (κ1) is 19.4. The van der Waals surface area contributed by atoms with E-state index in [0.717, 1.165) is 11.4 Å². The van der Waals surface area contributed by atoms with E-state index in [1.165, 1.54) is 11.3 Å². The van der Waals surface area contributed by atoms with Crippen LogP contribution in [0.4, 0.5) is 0 Å². The molecule has 0 aliphatic heterocycles. The van der Waals surface area contributed by atoms with E-state index < -0.39 is 5.60 Å². The van der Waals surface area contributed by atoms with E-state index in [9.17, 15) is 9.90 Å². The maximum Gasteiger partial charge on any atom is 0.305 e. The van der Waals surface area contributed by atoms with Crippen LogP contribution in [0.15, 0.2) is 22.5 Å². The van der Waals surface area contributed by atoms with Crippen LogP contribution in [-0.4, -0.2) is 43.3 Å². The summed E-state index contributed by atoms with van der Waals surface area (Å²) in [5, 5.41) is 18.7. The molecule has 1 aromatic heterocycles. The van der Waals surface area contributed by atoms with Crippen LogP contribution in [-0.2, 0) is 15.1 Å². The fourth-order valence-corrected chi connectivity index (χ4v) is 2.69. The molecule has 1 unspecified atom stereocenters. The van der Waals surface area contributed by atoms with E-state index >= 15 is 0 Å². The normalized spacial score (nSPS) is 14.2. The van der Waals surface area contributed by atoms with Crippen LogP contribution >= 0.6 is 11.3 Å². The first-order valence-electron chi connectivity index (χ1n) is 7.93. The van der Waals surface area contributed by atoms with Gasteiger partial charge in [0, 0.05) is 24.4 Å². The van der Waals surface area contributed by atoms with Crippen molar-refractivity contribution in [3.8, 4) is 0 Å². The Labute approximate surface area is 142 Å². The number of aliphatic imine (C=N–C) groups is 1. The van der Waals surface area contributed by atoms with Gasteiger partial charge in [0.1, 0.15) is 5.60 Å². The summed E-state index contributed by atoms with van der Waals surface area (Å²) in [6.45, 7) is 7.55. The fourth-order valence-electron chi connectivity index (χ4n) is 1.91. The summed E-state index contributed by atoms with van der Waals surface area (Å²) in [7, 11) is 0. The standard InChI is InChI=1S/C16H27N3O3S/c1-4-17-15(18-10-6-9-14(20)22-5-2)19-12-16(3,21)13-8-7-11-23-13/h7-8,11,21H,4-6,9-10,12H2,1-3H3,(H2,17,18,19). The molecule has 1 aromatic rings. The van der Waals surface area contributed by atoms with Crippen molar-refractivity contribution < 1.29 is 14.6 Å². The van der Waals surface area contributed by atoms with E-state index in [2.05, 4.69) is 15.6 Å². The first-order valence-corrected chi connectivity index (χ1v) is 8.81. The highest BCUT2D eigenvalue weighted by molar-refractivity contribution is 7.10. The lowest BCUT2D eigenvalue weighted by Gasteiger charge is -2.20. The van der Waals surface area contributed by atoms with Gasteiger partial charge in [-0.25, -0.2) is 4.99 Å². The molecule has 0 fully saturated rings. The number of nitrogens with one attached hydrogen (secondary N) is 2. The van der Waals surface area contributed by atoms with Gasteiger partial charge in [-0.15, -0.1) is 11.3 Å². The van der Waals surface area contributed by atoms with Gasteiger partial charge >= 0.3 is 5.97 Å². The van der Waals surface area contributed by atoms with Gasteiger partial charge in [0.05, 0.1) is 13.2 Å². The number of carbonyl (C=O) groups is 1. The predicted octanol–water partition coefficient (Wildman–Crippen LogP) is 1.85. The molecular weight excluding hydrogens is 314 g/mol. The molecule has 23 heavy (non-hydrogen) atoms. The number of ether oxygens (including phenoxy) is 1. The monoisotopic (exact) mass is 341 g/mol. The Kier molecular flexibility index (Phi) is 8.65. The van der Waals surface area contributed by atoms with Gasteiger partial charge in [-0.2, -0.15) is 0 Å². The number of rotatable bonds is 9. The van der Waals surface area contributed by atoms with Crippen molar-refractivity contribution in [2.75, 3.05) is 26.2 Å². The van der Waals surface area contributed by atoms with Crippen molar-refractivity contribution in [1.82, 2.24) is 10.6 Å². The van der Waals surface area contributed by atoms with Gasteiger partial charge < -0.3 is 20.5 Å². The van der Waals surface area contributed by atoms with Crippen molar-refractivity contribution in [3.63, 3.8) is 0 Å². The van der Waals surface area contributed by atoms with Crippen molar-refractivity contribution in [1.29, 1.82) is 0 Å². The second-order valence-electron chi connectivity index (χ2n) is 5.28. The zero-order valence-electron chi connectivity index (χ0n) is 14.1. The Balaban J connectivity index is 2.45. The summed E-state index contributed by atoms with van der Waals surface area (Å²) in [6.07, 6.45) is 1.05. The Morgan fingerprint density at radius 1 is 1.43 bits per heavy atom. The van der Waals surface area contributed by atoms with Gasteiger partial charge in [-0.3, -0.25) is 4.79 Å². The van der Waals surface area contributed by atoms with Crippen LogP contribution in [0.1, 0.15) is 38.5 Å². The zero-order valence-corrected chi connectivity index (χ0v) is 14.9. The molecule has 0 radical (unpaired) electrons. The summed E-state index contributed by atoms with van der Waals surface area (Å²) in [4.78, 5) is 16.6. The quantitative estimate of drug-likeness (QED) is 0.276. The number of esters is 1. The summed E-state index contributed by atoms with van der Waals surface area (Å²) >= 11 is 1.51. The van der Waals surface area contributed by atoms with Crippen LogP contribution in [0.25, 0.3) is 0 Å². The Morgan fingerprint density at radius 2 is 2.22 bits per heavy atom. The number of aliphatic hydroxyl groups is 1. The molecule has 0 bridgehead atoms. The number of thiophene rings is 1. The van der Waals surface area contributed by atoms with Crippen LogP contribution in [0.3, 0.4) is 0 Å². The molecule has 6 nitrogen and oxygen atoms in total. The Hall–Kier alpha value is -1.60. The molecule has 0 amide bonds. The SMILES string of the molecule is CCNC(=NCC(C)(O)c1cccs1)NCCCC(=O)OCC. The second-order valence-corrected chi connectivity index (χ2v) is 6.23. The number of hydrogen-bond donors (Lipinski definition) is 3. The molecule has 0 aliphatic carbocycles. The third kappa shape index (κ3) is 7.47. The molecule has 0 saturated heterocycles. The van der Waals surface area contributed by atoms with Crippen molar-refractivity contribution in [2.24, 2.45) is 4.99 Å². The third-order valence-electron chi connectivity index (χ3n) is 3.10. The highest BCUT2D eigenvalue weighted by Crippen LogP contribution is 2.25. The minimum absolute atomic E-state index is 0.183. The molecule has 1 heterocycles. The van der Waals surface area contributed by atoms with E-state index in [-0.39, 0.29) is 12.5 Å². The summed E-state index contributed by atoms with van der Waals surface area (Å²) in [6, 6.07) is 3.82. The smallest absolute Gasteiger partial charge is 0.305 e. The largest absolute Gasteiger partial charge is 0.466 e. The summed E-state index contributed by atoms with van der Waals surface area (Å²) in [5.74, 6) is 0.449. The van der Waals surface area contributed by atoms with E-state index in [4.69, 9.17) is 4.74 Å². The predicted molar refractivity (Wildman–Crippen MR) is 93.7 cm³/mol. The molecule has 0 aliphatic rings. The Bertz CT molecular complexity index is 487. The lowest BCUT2D eigenvalue weighted by atomic mass is 10.1. The molecule has 130 valence electrons. The molecule has 1 rings (SSSR count). The lowest BCUT2D eigenvalue weighted by molar-refractivity contribution is -0.143. The molecule has 0 spiro atoms. The Morgan fingerprint density at radius 3 is 2.83 bits per heavy atom. The fraction of sp³-hybridized carbons (Fsp3) is 0.625. The minimum Gasteiger partial charge on any atom is -0.466 e. The summed E-state index contributed by atoms with van der Waals surface area (Å²) in [5.41, 5.74) is -0.985. The van der Waals surface area contributed by atoms with Crippen LogP contribution in [0.5, 0.6) is 0 Å². The molecule has 7 heteroatoms. The van der Waals surface area contributed by atoms with Crippen LogP contribution < -0.4 is 10.6 Å². The maximum atomic E-state index is 11.3. The van der Waals surface area contributed by atoms with Gasteiger partial charge in [0.15, 0.2) is 5.96 Å². The topological polar surface area (TPSA) is 83.0 Å². The van der Waals surface area contributed by atoms with Crippen LogP contribution in [0.2, 0.25) is 0 Å². The van der Waals surface area contributed by atoms with Gasteiger partial charge in [-0.05, 0) is 38.6 Å². The number of carbonyl (C=O) groups excluding carboxylic acids is 1. The van der Waals surface area contributed by atoms with Crippen LogP contribution in [0, 0.1) is 0 Å². The number of hydrogen-bond acceptors (Lipinski definition) is 5. The molecule has 0 aromatic carbocycles. The zero-order chi connectivity index (χ0) is 17.1. The number of nitrogens with zero attached hydrogens (tertiary/aromatic N) is 1. The van der Waals surface area contributed by atoms with Gasteiger partial charge in [0.25, 0.3) is 0 Å². The van der Waals surface area contributed by atoms with Gasteiger partial charge in [0.2, 0.25) is 0 Å². The highest BCUT2D eigenvalue weighted by Gasteiger charge is 2.23. The first-order chi connectivity index (χ1) is 11.0. The van der Waals surface area contributed by atoms with E-state index in [1.807, 2.05) is 24.4 Å². The summed E-state index contributed by atoms with van der Waals surface area (Å²) < 4.78 is 4.89. The average molecular weight is 341 g/mol. The minimum atomic E-state index is -0.985.